The Labute approximate surface area is 164 Å². The normalized spacial score (nSPS) is 23.6. The minimum Gasteiger partial charge on any atom is -0.318 e. The number of imide groups is 1. The molecular weight excluding hydrogens is 399 g/mol. The Morgan fingerprint density at radius 1 is 1.21 bits per heavy atom. The van der Waals surface area contributed by atoms with Crippen LogP contribution in [0.1, 0.15) is 37.7 Å². The Morgan fingerprint density at radius 3 is 2.46 bits per heavy atom. The quantitative estimate of drug-likeness (QED) is 0.737. The lowest BCUT2D eigenvalue weighted by molar-refractivity contribution is -0.205. The molecule has 28 heavy (non-hydrogen) atoms. The number of rotatable bonds is 4. The summed E-state index contributed by atoms with van der Waals surface area (Å²) in [5, 5.41) is 3.65. The summed E-state index contributed by atoms with van der Waals surface area (Å²) in [6.07, 6.45) is -1.93. The van der Waals surface area contributed by atoms with Gasteiger partial charge in [0, 0.05) is 10.9 Å². The van der Waals surface area contributed by atoms with Crippen LogP contribution in [0.5, 0.6) is 0 Å². The summed E-state index contributed by atoms with van der Waals surface area (Å²) < 4.78 is 41.6. The van der Waals surface area contributed by atoms with Gasteiger partial charge in [0.2, 0.25) is 5.91 Å². The third kappa shape index (κ3) is 3.67. The van der Waals surface area contributed by atoms with Crippen LogP contribution in [0.25, 0.3) is 0 Å². The van der Waals surface area contributed by atoms with Crippen molar-refractivity contribution in [3.8, 4) is 0 Å². The maximum absolute atomic E-state index is 13.9. The molecule has 0 radical (unpaired) electrons. The van der Waals surface area contributed by atoms with Gasteiger partial charge in [0.25, 0.3) is 11.6 Å². The molecule has 2 aliphatic rings. The first-order chi connectivity index (χ1) is 13.2. The van der Waals surface area contributed by atoms with Crippen molar-refractivity contribution in [2.45, 2.75) is 50.5 Å². The molecule has 0 bridgehead atoms. The molecule has 10 heteroatoms. The van der Waals surface area contributed by atoms with E-state index in [9.17, 15) is 27.6 Å². The van der Waals surface area contributed by atoms with Gasteiger partial charge in [0.15, 0.2) is 0 Å². The van der Waals surface area contributed by atoms with Crippen molar-refractivity contribution in [1.82, 2.24) is 15.5 Å². The third-order valence-corrected chi connectivity index (χ3v) is 5.47. The fraction of sp³-hybridized carbons (Fsp3) is 0.500. The van der Waals surface area contributed by atoms with Crippen LogP contribution in [0.3, 0.4) is 0 Å². The summed E-state index contributed by atoms with van der Waals surface area (Å²) in [4.78, 5) is 37.7. The van der Waals surface area contributed by atoms with E-state index in [1.807, 2.05) is 0 Å². The summed E-state index contributed by atoms with van der Waals surface area (Å²) in [7, 11) is 0. The number of carbonyl (C=O) groups is 3. The zero-order valence-corrected chi connectivity index (χ0v) is 15.6. The number of alkyl halides is 3. The van der Waals surface area contributed by atoms with Gasteiger partial charge in [0.05, 0.1) is 6.54 Å². The Balaban J connectivity index is 1.87. The van der Waals surface area contributed by atoms with Gasteiger partial charge in [0.1, 0.15) is 0 Å². The number of halogens is 4. The second-order valence-corrected chi connectivity index (χ2v) is 7.39. The molecule has 0 aromatic heterocycles. The summed E-state index contributed by atoms with van der Waals surface area (Å²) in [5.74, 6) is -3.07. The maximum Gasteiger partial charge on any atom is 0.440 e. The first-order valence-corrected chi connectivity index (χ1v) is 9.30. The molecule has 1 aromatic rings. The molecule has 2 N–H and O–H groups in total. The van der Waals surface area contributed by atoms with Gasteiger partial charge in [-0.15, -0.1) is 0 Å². The molecule has 6 nitrogen and oxygen atoms in total. The van der Waals surface area contributed by atoms with E-state index < -0.39 is 42.1 Å². The summed E-state index contributed by atoms with van der Waals surface area (Å²) >= 11 is 5.98. The lowest BCUT2D eigenvalue weighted by Gasteiger charge is -2.32. The molecule has 0 spiro atoms. The van der Waals surface area contributed by atoms with E-state index in [4.69, 9.17) is 11.6 Å². The standard InChI is InChI=1S/C18H19ClF3N3O3/c19-13-9-5-4-8-12(13)10-25-15(27)17(18(20,21)22,24-16(25)28)23-14(26)11-6-2-1-3-7-11/h4-5,8-9,11H,1-3,6-7,10H2,(H,23,26)(H,24,28)/t17-/m0/s1. The molecule has 1 saturated carbocycles. The molecule has 1 aromatic carbocycles. The van der Waals surface area contributed by atoms with Gasteiger partial charge >= 0.3 is 12.2 Å². The number of urea groups is 1. The molecule has 0 unspecified atom stereocenters. The van der Waals surface area contributed by atoms with E-state index >= 15 is 0 Å². The predicted molar refractivity (Wildman–Crippen MR) is 94.0 cm³/mol. The average molecular weight is 418 g/mol. The highest BCUT2D eigenvalue weighted by atomic mass is 35.5. The van der Waals surface area contributed by atoms with Gasteiger partial charge < -0.3 is 5.32 Å². The molecule has 1 atom stereocenters. The third-order valence-electron chi connectivity index (χ3n) is 5.10. The number of hydrogen-bond donors (Lipinski definition) is 2. The fourth-order valence-corrected chi connectivity index (χ4v) is 3.71. The number of hydrogen-bond acceptors (Lipinski definition) is 3. The number of benzene rings is 1. The average Bonchev–Trinajstić information content (AvgIpc) is 2.89. The van der Waals surface area contributed by atoms with Gasteiger partial charge in [-0.3, -0.25) is 19.8 Å². The van der Waals surface area contributed by atoms with Crippen LogP contribution in [0, 0.1) is 5.92 Å². The lowest BCUT2D eigenvalue weighted by Crippen LogP contribution is -2.70. The summed E-state index contributed by atoms with van der Waals surface area (Å²) in [6, 6.07) is 4.95. The Hall–Kier alpha value is -2.29. The van der Waals surface area contributed by atoms with Gasteiger partial charge in [-0.25, -0.2) is 4.79 Å². The highest BCUT2D eigenvalue weighted by Gasteiger charge is 2.69. The highest BCUT2D eigenvalue weighted by molar-refractivity contribution is 6.31. The van der Waals surface area contributed by atoms with E-state index in [0.717, 1.165) is 19.3 Å². The predicted octanol–water partition coefficient (Wildman–Crippen LogP) is 3.35. The van der Waals surface area contributed by atoms with Crippen molar-refractivity contribution in [3.05, 3.63) is 34.9 Å². The highest BCUT2D eigenvalue weighted by Crippen LogP contribution is 2.36. The second kappa shape index (κ2) is 7.62. The lowest BCUT2D eigenvalue weighted by atomic mass is 9.88. The molecule has 1 heterocycles. The number of nitrogens with zero attached hydrogens (tertiary/aromatic N) is 1. The van der Waals surface area contributed by atoms with E-state index in [0.29, 0.717) is 23.3 Å². The van der Waals surface area contributed by atoms with Crippen LogP contribution >= 0.6 is 11.6 Å². The minimum atomic E-state index is -5.21. The second-order valence-electron chi connectivity index (χ2n) is 6.98. The molecule has 1 aliphatic heterocycles. The minimum absolute atomic E-state index is 0.207. The number of carbonyl (C=O) groups excluding carboxylic acids is 3. The topological polar surface area (TPSA) is 78.5 Å². The largest absolute Gasteiger partial charge is 0.440 e. The monoisotopic (exact) mass is 417 g/mol. The maximum atomic E-state index is 13.9. The van der Waals surface area contributed by atoms with E-state index in [-0.39, 0.29) is 5.02 Å². The molecule has 152 valence electrons. The molecule has 1 saturated heterocycles. The molecule has 4 amide bonds. The van der Waals surface area contributed by atoms with Crippen molar-refractivity contribution in [2.75, 3.05) is 0 Å². The Morgan fingerprint density at radius 2 is 1.86 bits per heavy atom. The van der Waals surface area contributed by atoms with Gasteiger partial charge in [-0.05, 0) is 24.5 Å². The first kappa shape index (κ1) is 20.4. The zero-order chi connectivity index (χ0) is 20.5. The smallest absolute Gasteiger partial charge is 0.318 e. The van der Waals surface area contributed by atoms with Crippen molar-refractivity contribution < 1.29 is 27.6 Å². The van der Waals surface area contributed by atoms with E-state index in [2.05, 4.69) is 0 Å². The zero-order valence-electron chi connectivity index (χ0n) is 14.8. The molecular formula is C18H19ClF3N3O3. The SMILES string of the molecule is O=C(N[C@]1(C(F)(F)F)NC(=O)N(Cc2ccccc2Cl)C1=O)C1CCCCC1. The van der Waals surface area contributed by atoms with Crippen LogP contribution in [0.2, 0.25) is 5.02 Å². The first-order valence-electron chi connectivity index (χ1n) is 8.92. The van der Waals surface area contributed by atoms with Gasteiger partial charge in [-0.1, -0.05) is 49.1 Å². The molecule has 3 rings (SSSR count). The van der Waals surface area contributed by atoms with Crippen molar-refractivity contribution in [1.29, 1.82) is 0 Å². The Bertz CT molecular complexity index is 796. The van der Waals surface area contributed by atoms with Crippen molar-refractivity contribution >= 4 is 29.4 Å². The summed E-state index contributed by atoms with van der Waals surface area (Å²) in [5.41, 5.74) is -3.16. The van der Waals surface area contributed by atoms with Crippen LogP contribution < -0.4 is 10.6 Å². The van der Waals surface area contributed by atoms with E-state index in [1.54, 1.807) is 22.8 Å². The van der Waals surface area contributed by atoms with Crippen LogP contribution in [0.4, 0.5) is 18.0 Å². The number of nitrogens with one attached hydrogen (secondary N) is 2. The van der Waals surface area contributed by atoms with Gasteiger partial charge in [-0.2, -0.15) is 13.2 Å². The molecule has 2 fully saturated rings. The fourth-order valence-electron chi connectivity index (χ4n) is 3.52. The van der Waals surface area contributed by atoms with Crippen LogP contribution in [-0.4, -0.2) is 34.6 Å². The van der Waals surface area contributed by atoms with Crippen molar-refractivity contribution in [3.63, 3.8) is 0 Å². The molecule has 1 aliphatic carbocycles. The van der Waals surface area contributed by atoms with Crippen molar-refractivity contribution in [2.24, 2.45) is 5.92 Å². The Kier molecular flexibility index (Phi) is 5.56. The van der Waals surface area contributed by atoms with E-state index in [1.165, 1.54) is 12.1 Å². The summed E-state index contributed by atoms with van der Waals surface area (Å²) in [6.45, 7) is -0.443. The number of amides is 4. The van der Waals surface area contributed by atoms with Crippen LogP contribution in [0.15, 0.2) is 24.3 Å². The van der Waals surface area contributed by atoms with Crippen LogP contribution in [-0.2, 0) is 16.1 Å².